The molecule has 3 heteroatoms. The Morgan fingerprint density at radius 2 is 2.15 bits per heavy atom. The number of likely N-dealkylation sites (tertiary alicyclic amines) is 1. The number of benzene rings is 1. The molecule has 1 fully saturated rings. The lowest BCUT2D eigenvalue weighted by molar-refractivity contribution is -0.00584. The van der Waals surface area contributed by atoms with Crippen LogP contribution in [0.5, 0.6) is 5.75 Å². The van der Waals surface area contributed by atoms with Crippen molar-refractivity contribution in [2.24, 2.45) is 0 Å². The molecule has 0 radical (unpaired) electrons. The van der Waals surface area contributed by atoms with Gasteiger partial charge in [-0.1, -0.05) is 12.1 Å². The first-order valence-corrected chi connectivity index (χ1v) is 7.82. The predicted octanol–water partition coefficient (Wildman–Crippen LogP) is 2.93. The van der Waals surface area contributed by atoms with Crippen LogP contribution in [0.25, 0.3) is 0 Å². The maximum Gasteiger partial charge on any atom is 0.125 e. The average Bonchev–Trinajstić information content (AvgIpc) is 2.88. The fraction of sp³-hybridized carbons (Fsp3) is 0.647. The van der Waals surface area contributed by atoms with Gasteiger partial charge < -0.3 is 10.1 Å². The Morgan fingerprint density at radius 1 is 1.30 bits per heavy atom. The van der Waals surface area contributed by atoms with E-state index in [-0.39, 0.29) is 5.60 Å². The first-order chi connectivity index (χ1) is 9.57. The molecule has 1 aromatic carbocycles. The molecule has 0 aliphatic carbocycles. The number of rotatable bonds is 3. The van der Waals surface area contributed by atoms with E-state index in [1.807, 2.05) is 0 Å². The summed E-state index contributed by atoms with van der Waals surface area (Å²) in [5.41, 5.74) is 2.69. The third-order valence-electron chi connectivity index (χ3n) is 4.62. The zero-order chi connectivity index (χ0) is 14.2. The van der Waals surface area contributed by atoms with Crippen LogP contribution in [0, 0.1) is 0 Å². The van der Waals surface area contributed by atoms with Gasteiger partial charge in [0.15, 0.2) is 0 Å². The Hall–Kier alpha value is -1.06. The summed E-state index contributed by atoms with van der Waals surface area (Å²) in [6.45, 7) is 11.0. The van der Waals surface area contributed by atoms with Crippen molar-refractivity contribution < 1.29 is 4.74 Å². The van der Waals surface area contributed by atoms with E-state index in [1.54, 1.807) is 0 Å². The smallest absolute Gasteiger partial charge is 0.125 e. The second-order valence-electron chi connectivity index (χ2n) is 6.72. The summed E-state index contributed by atoms with van der Waals surface area (Å²) in [5.74, 6) is 1.08. The molecule has 1 saturated heterocycles. The van der Waals surface area contributed by atoms with Gasteiger partial charge in [-0.15, -0.1) is 0 Å². The first-order valence-electron chi connectivity index (χ1n) is 7.82. The molecule has 1 atom stereocenters. The Labute approximate surface area is 122 Å². The summed E-state index contributed by atoms with van der Waals surface area (Å²) in [6, 6.07) is 7.05. The third-order valence-corrected chi connectivity index (χ3v) is 4.62. The highest BCUT2D eigenvalue weighted by molar-refractivity contribution is 5.42. The van der Waals surface area contributed by atoms with E-state index >= 15 is 0 Å². The highest BCUT2D eigenvalue weighted by Crippen LogP contribution is 2.33. The van der Waals surface area contributed by atoms with E-state index in [0.717, 1.165) is 31.8 Å². The minimum absolute atomic E-state index is 0.0553. The molecule has 0 bridgehead atoms. The number of nitrogens with zero attached hydrogens (tertiary/aromatic N) is 1. The van der Waals surface area contributed by atoms with Gasteiger partial charge in [0.25, 0.3) is 0 Å². The Morgan fingerprint density at radius 3 is 2.95 bits per heavy atom. The normalized spacial score (nSPS) is 26.8. The SMILES string of the molecule is CC(C)N1CCCC(C)(Oc2cccc3c2CNC3)C1. The van der Waals surface area contributed by atoms with Gasteiger partial charge in [0.05, 0.1) is 0 Å². The maximum absolute atomic E-state index is 6.48. The standard InChI is InChI=1S/C17H26N2O/c1-13(2)19-9-5-8-17(3,12-19)20-16-7-4-6-14-10-18-11-15(14)16/h4,6-7,13,18H,5,8-12H2,1-3H3. The number of piperidine rings is 1. The molecule has 110 valence electrons. The summed E-state index contributed by atoms with van der Waals surface area (Å²) >= 11 is 0. The van der Waals surface area contributed by atoms with Crippen molar-refractivity contribution in [3.05, 3.63) is 29.3 Å². The van der Waals surface area contributed by atoms with Crippen molar-refractivity contribution in [3.63, 3.8) is 0 Å². The summed E-state index contributed by atoms with van der Waals surface area (Å²) in [6.07, 6.45) is 2.37. The van der Waals surface area contributed by atoms with E-state index in [4.69, 9.17) is 4.74 Å². The molecule has 20 heavy (non-hydrogen) atoms. The molecule has 1 unspecified atom stereocenters. The molecular formula is C17H26N2O. The van der Waals surface area contributed by atoms with Gasteiger partial charge in [-0.3, -0.25) is 4.90 Å². The zero-order valence-corrected chi connectivity index (χ0v) is 12.9. The molecule has 2 heterocycles. The minimum atomic E-state index is -0.0553. The van der Waals surface area contributed by atoms with Crippen molar-refractivity contribution in [2.75, 3.05) is 13.1 Å². The van der Waals surface area contributed by atoms with Crippen molar-refractivity contribution in [2.45, 2.75) is 58.3 Å². The van der Waals surface area contributed by atoms with Gasteiger partial charge in [-0.25, -0.2) is 0 Å². The van der Waals surface area contributed by atoms with Crippen LogP contribution in [0.1, 0.15) is 44.7 Å². The first kappa shape index (κ1) is 13.9. The molecular weight excluding hydrogens is 248 g/mol. The summed E-state index contributed by atoms with van der Waals surface area (Å²) in [5, 5.41) is 3.41. The molecule has 0 spiro atoms. The molecule has 0 aromatic heterocycles. The number of hydrogen-bond acceptors (Lipinski definition) is 3. The second kappa shape index (κ2) is 5.38. The van der Waals surface area contributed by atoms with Gasteiger partial charge in [0.2, 0.25) is 0 Å². The van der Waals surface area contributed by atoms with Crippen LogP contribution < -0.4 is 10.1 Å². The molecule has 1 aromatic rings. The molecule has 0 saturated carbocycles. The number of fused-ring (bicyclic) bond motifs is 1. The van der Waals surface area contributed by atoms with Gasteiger partial charge in [-0.05, 0) is 51.8 Å². The summed E-state index contributed by atoms with van der Waals surface area (Å²) < 4.78 is 6.48. The highest BCUT2D eigenvalue weighted by Gasteiger charge is 2.34. The van der Waals surface area contributed by atoms with Crippen molar-refractivity contribution in [3.8, 4) is 5.75 Å². The quantitative estimate of drug-likeness (QED) is 0.917. The lowest BCUT2D eigenvalue weighted by Crippen LogP contribution is -2.52. The second-order valence-corrected chi connectivity index (χ2v) is 6.72. The van der Waals surface area contributed by atoms with Crippen molar-refractivity contribution in [1.29, 1.82) is 0 Å². The molecule has 0 amide bonds. The highest BCUT2D eigenvalue weighted by atomic mass is 16.5. The van der Waals surface area contributed by atoms with Gasteiger partial charge in [-0.2, -0.15) is 0 Å². The van der Waals surface area contributed by atoms with Gasteiger partial charge >= 0.3 is 0 Å². The number of ether oxygens (including phenoxy) is 1. The Kier molecular flexibility index (Phi) is 3.74. The minimum Gasteiger partial charge on any atom is -0.486 e. The van der Waals surface area contributed by atoms with Crippen molar-refractivity contribution >= 4 is 0 Å². The van der Waals surface area contributed by atoms with Crippen LogP contribution >= 0.6 is 0 Å². The van der Waals surface area contributed by atoms with Crippen molar-refractivity contribution in [1.82, 2.24) is 10.2 Å². The average molecular weight is 274 g/mol. The van der Waals surface area contributed by atoms with Gasteiger partial charge in [0, 0.05) is 31.2 Å². The Bertz CT molecular complexity index is 486. The third kappa shape index (κ3) is 2.70. The van der Waals surface area contributed by atoms with Crippen LogP contribution in [0.15, 0.2) is 18.2 Å². The molecule has 1 N–H and O–H groups in total. The van der Waals surface area contributed by atoms with Crippen LogP contribution in [0.4, 0.5) is 0 Å². The van der Waals surface area contributed by atoms with E-state index in [1.165, 1.54) is 24.1 Å². The van der Waals surface area contributed by atoms with Crippen LogP contribution in [-0.2, 0) is 13.1 Å². The Balaban J connectivity index is 1.78. The van der Waals surface area contributed by atoms with E-state index < -0.39 is 0 Å². The van der Waals surface area contributed by atoms with E-state index in [9.17, 15) is 0 Å². The predicted molar refractivity (Wildman–Crippen MR) is 82.0 cm³/mol. The molecule has 3 rings (SSSR count). The largest absolute Gasteiger partial charge is 0.486 e. The fourth-order valence-corrected chi connectivity index (χ4v) is 3.43. The summed E-state index contributed by atoms with van der Waals surface area (Å²) in [4.78, 5) is 2.53. The maximum atomic E-state index is 6.48. The number of nitrogens with one attached hydrogen (secondary N) is 1. The lowest BCUT2D eigenvalue weighted by Gasteiger charge is -2.42. The van der Waals surface area contributed by atoms with Crippen LogP contribution in [0.3, 0.4) is 0 Å². The van der Waals surface area contributed by atoms with Crippen LogP contribution in [0.2, 0.25) is 0 Å². The van der Waals surface area contributed by atoms with E-state index in [0.29, 0.717) is 6.04 Å². The molecule has 3 nitrogen and oxygen atoms in total. The zero-order valence-electron chi connectivity index (χ0n) is 12.9. The monoisotopic (exact) mass is 274 g/mol. The fourth-order valence-electron chi connectivity index (χ4n) is 3.43. The molecule has 2 aliphatic heterocycles. The van der Waals surface area contributed by atoms with Gasteiger partial charge in [0.1, 0.15) is 11.4 Å². The molecule has 2 aliphatic rings. The van der Waals surface area contributed by atoms with E-state index in [2.05, 4.69) is 49.2 Å². The lowest BCUT2D eigenvalue weighted by atomic mass is 9.93. The van der Waals surface area contributed by atoms with Crippen LogP contribution in [-0.4, -0.2) is 29.6 Å². The number of hydrogen-bond donors (Lipinski definition) is 1. The topological polar surface area (TPSA) is 24.5 Å². The summed E-state index contributed by atoms with van der Waals surface area (Å²) in [7, 11) is 0.